The average Bonchev–Trinajstić information content (AvgIpc) is 2.24. The van der Waals surface area contributed by atoms with E-state index in [2.05, 4.69) is 29.1 Å². The first-order valence-electron chi connectivity index (χ1n) is 4.91. The van der Waals surface area contributed by atoms with Crippen LogP contribution in [0, 0.1) is 0 Å². The standard InChI is InChI=1S/C7H6F8O2Si4/c8-4(9,1-16-19)6(12,13)3-21(20)17-2-5(10,11)7(14,15)18/h1-3H2. The first-order valence-corrected chi connectivity index (χ1v) is 8.94. The summed E-state index contributed by atoms with van der Waals surface area (Å²) in [5.74, 6) is -13.9. The minimum Gasteiger partial charge on any atom is -0.415 e. The topological polar surface area (TPSA) is 18.5 Å². The molecule has 14 heteroatoms. The Morgan fingerprint density at radius 3 is 1.67 bits per heavy atom. The third-order valence-corrected chi connectivity index (χ3v) is 4.79. The third-order valence-electron chi connectivity index (χ3n) is 2.06. The van der Waals surface area contributed by atoms with Crippen LogP contribution in [0.2, 0.25) is 6.04 Å². The maximum absolute atomic E-state index is 13.2. The van der Waals surface area contributed by atoms with Gasteiger partial charge in [-0.25, -0.2) is 17.6 Å². The molecule has 0 amide bonds. The van der Waals surface area contributed by atoms with Crippen molar-refractivity contribution < 1.29 is 44.0 Å². The Kier molecular flexibility index (Phi) is 7.28. The predicted octanol–water partition coefficient (Wildman–Crippen LogP) is 1.43. The predicted molar refractivity (Wildman–Crippen MR) is 59.5 cm³/mol. The fraction of sp³-hybridized carbons (Fsp3) is 1.00. The molecule has 0 bridgehead atoms. The second kappa shape index (κ2) is 7.20. The van der Waals surface area contributed by atoms with Gasteiger partial charge in [-0.3, -0.25) is 0 Å². The van der Waals surface area contributed by atoms with Crippen LogP contribution in [0.4, 0.5) is 35.1 Å². The molecule has 0 rings (SSSR count). The fourth-order valence-corrected chi connectivity index (χ4v) is 3.10. The largest absolute Gasteiger partial charge is 0.415 e. The number of rotatable bonds is 9. The molecule has 21 heavy (non-hydrogen) atoms. The molecule has 0 atom stereocenters. The van der Waals surface area contributed by atoms with Crippen LogP contribution in [-0.4, -0.2) is 75.6 Å². The summed E-state index contributed by atoms with van der Waals surface area (Å²) < 4.78 is 111. The first-order chi connectivity index (χ1) is 9.16. The van der Waals surface area contributed by atoms with E-state index >= 15 is 0 Å². The van der Waals surface area contributed by atoms with Crippen LogP contribution >= 0.6 is 0 Å². The third kappa shape index (κ3) is 6.09. The van der Waals surface area contributed by atoms with Gasteiger partial charge in [-0.2, -0.15) is 17.6 Å². The van der Waals surface area contributed by atoms with E-state index < -0.39 is 51.1 Å². The fourth-order valence-electron chi connectivity index (χ4n) is 0.847. The molecule has 0 aliphatic heterocycles. The molecular formula is C7H6F8O2Si4. The molecule has 0 aliphatic carbocycles. The lowest BCUT2D eigenvalue weighted by molar-refractivity contribution is -0.212. The van der Waals surface area contributed by atoms with Crippen molar-refractivity contribution in [2.45, 2.75) is 29.4 Å². The highest BCUT2D eigenvalue weighted by atomic mass is 29.2. The summed E-state index contributed by atoms with van der Waals surface area (Å²) in [4.78, 5) is 0. The van der Waals surface area contributed by atoms with E-state index in [1.165, 1.54) is 10.2 Å². The monoisotopic (exact) mass is 386 g/mol. The number of halogens is 8. The van der Waals surface area contributed by atoms with Crippen molar-refractivity contribution in [2.24, 2.45) is 0 Å². The van der Waals surface area contributed by atoms with Crippen LogP contribution < -0.4 is 0 Å². The second-order valence-electron chi connectivity index (χ2n) is 3.87. The smallest absolute Gasteiger partial charge is 0.331 e. The van der Waals surface area contributed by atoms with E-state index in [0.717, 1.165) is 0 Å². The molecular weight excluding hydrogens is 380 g/mol. The van der Waals surface area contributed by atoms with Crippen molar-refractivity contribution in [2.75, 3.05) is 13.2 Å². The van der Waals surface area contributed by atoms with Crippen molar-refractivity contribution in [3.63, 3.8) is 0 Å². The summed E-state index contributed by atoms with van der Waals surface area (Å²) in [7, 11) is 2.98. The van der Waals surface area contributed by atoms with Crippen LogP contribution in [-0.2, 0) is 8.85 Å². The lowest BCUT2D eigenvalue weighted by Crippen LogP contribution is -2.49. The van der Waals surface area contributed by atoms with E-state index in [1.54, 1.807) is 0 Å². The molecule has 10 radical (unpaired) electrons. The van der Waals surface area contributed by atoms with Gasteiger partial charge in [0.25, 0.3) is 5.55 Å². The molecule has 0 spiro atoms. The van der Waals surface area contributed by atoms with E-state index in [0.29, 0.717) is 0 Å². The Labute approximate surface area is 126 Å². The van der Waals surface area contributed by atoms with Gasteiger partial charge in [0.15, 0.2) is 8.56 Å². The Bertz CT molecular complexity index is 337. The summed E-state index contributed by atoms with van der Waals surface area (Å²) in [5, 5.41) is 0. The lowest BCUT2D eigenvalue weighted by atomic mass is 10.2. The van der Waals surface area contributed by atoms with Crippen LogP contribution in [0.15, 0.2) is 0 Å². The zero-order valence-corrected chi connectivity index (χ0v) is 14.0. The molecule has 0 aromatic carbocycles. The van der Waals surface area contributed by atoms with Crippen LogP contribution in [0.25, 0.3) is 0 Å². The Morgan fingerprint density at radius 1 is 0.810 bits per heavy atom. The van der Waals surface area contributed by atoms with Gasteiger partial charge in [-0.05, 0) is 0 Å². The zero-order chi connectivity index (χ0) is 17.1. The molecule has 0 aromatic heterocycles. The zero-order valence-electron chi connectivity index (χ0n) is 9.96. The second-order valence-corrected chi connectivity index (χ2v) is 7.94. The molecule has 0 aromatic rings. The van der Waals surface area contributed by atoms with Crippen molar-refractivity contribution in [3.8, 4) is 0 Å². The number of hydrogen-bond donors (Lipinski definition) is 0. The lowest BCUT2D eigenvalue weighted by Gasteiger charge is -2.29. The Hall–Kier alpha value is 0.228. The molecule has 0 unspecified atom stereocenters. The van der Waals surface area contributed by atoms with E-state index in [9.17, 15) is 35.1 Å². The van der Waals surface area contributed by atoms with Crippen molar-refractivity contribution in [1.29, 1.82) is 0 Å². The average molecular weight is 386 g/mol. The van der Waals surface area contributed by atoms with Crippen LogP contribution in [0.5, 0.6) is 0 Å². The molecule has 0 N–H and O–H groups in total. The highest BCUT2D eigenvalue weighted by Gasteiger charge is 2.57. The Balaban J connectivity index is 4.61. The highest BCUT2D eigenvalue weighted by Crippen LogP contribution is 2.38. The normalized spacial score (nSPS) is 14.9. The summed E-state index contributed by atoms with van der Waals surface area (Å²) in [6.07, 6.45) is 0. The summed E-state index contributed by atoms with van der Waals surface area (Å²) >= 11 is 0. The van der Waals surface area contributed by atoms with Gasteiger partial charge in [0.05, 0.1) is 0 Å². The van der Waals surface area contributed by atoms with Crippen molar-refractivity contribution in [3.05, 3.63) is 0 Å². The molecule has 0 saturated heterocycles. The maximum atomic E-state index is 13.2. The molecule has 2 nitrogen and oxygen atoms in total. The Morgan fingerprint density at radius 2 is 1.29 bits per heavy atom. The van der Waals surface area contributed by atoms with Gasteiger partial charge >= 0.3 is 17.8 Å². The first kappa shape index (κ1) is 21.2. The molecule has 0 saturated carbocycles. The molecule has 0 heterocycles. The maximum Gasteiger partial charge on any atom is 0.331 e. The van der Waals surface area contributed by atoms with Gasteiger partial charge in [-0.15, -0.1) is 0 Å². The highest BCUT2D eigenvalue weighted by molar-refractivity contribution is 6.99. The molecule has 0 fully saturated rings. The summed E-state index contributed by atoms with van der Waals surface area (Å²) in [5.41, 5.74) is -4.63. The number of alkyl halides is 8. The van der Waals surface area contributed by atoms with Gasteiger partial charge in [-0.1, -0.05) is 0 Å². The van der Waals surface area contributed by atoms with E-state index in [4.69, 9.17) is 0 Å². The van der Waals surface area contributed by atoms with Crippen LogP contribution in [0.1, 0.15) is 0 Å². The molecule has 118 valence electrons. The minimum absolute atomic E-state index is 1.46. The van der Waals surface area contributed by atoms with Gasteiger partial charge in [0, 0.05) is 15.8 Å². The quantitative estimate of drug-likeness (QED) is 0.441. The molecule has 0 aliphatic rings. The minimum atomic E-state index is -4.69. The number of hydrogen-bond acceptors (Lipinski definition) is 2. The van der Waals surface area contributed by atoms with E-state index in [-0.39, 0.29) is 0 Å². The van der Waals surface area contributed by atoms with Gasteiger partial charge in [0.1, 0.15) is 23.5 Å². The van der Waals surface area contributed by atoms with E-state index in [1.807, 2.05) is 0 Å². The SMILES string of the molecule is FC(F)([Si])C(F)(F)CO[Si]([Si])CC(F)(F)C(F)(F)CO[Si]. The summed E-state index contributed by atoms with van der Waals surface area (Å²) in [6.45, 7) is -3.59. The van der Waals surface area contributed by atoms with Gasteiger partial charge < -0.3 is 8.85 Å². The van der Waals surface area contributed by atoms with Crippen molar-refractivity contribution >= 4 is 39.0 Å². The van der Waals surface area contributed by atoms with Gasteiger partial charge in [0.2, 0.25) is 10.5 Å². The van der Waals surface area contributed by atoms with Crippen LogP contribution in [0.3, 0.4) is 0 Å². The van der Waals surface area contributed by atoms with Crippen molar-refractivity contribution in [1.82, 2.24) is 0 Å². The summed E-state index contributed by atoms with van der Waals surface area (Å²) in [6, 6.07) is -1.64.